The van der Waals surface area contributed by atoms with E-state index in [1.54, 1.807) is 24.3 Å². The highest BCUT2D eigenvalue weighted by molar-refractivity contribution is 6.30. The minimum Gasteiger partial charge on any atom is -0.489 e. The van der Waals surface area contributed by atoms with Gasteiger partial charge in [-0.3, -0.25) is 0 Å². The lowest BCUT2D eigenvalue weighted by molar-refractivity contribution is 0.0697. The zero-order chi connectivity index (χ0) is 20.1. The number of carboxylic acid groups (broad SMARTS) is 1. The van der Waals surface area contributed by atoms with Crippen molar-refractivity contribution in [3.8, 4) is 5.75 Å². The summed E-state index contributed by atoms with van der Waals surface area (Å²) < 4.78 is 6.02. The number of hydrogen-bond acceptors (Lipinski definition) is 3. The van der Waals surface area contributed by atoms with E-state index in [1.165, 1.54) is 5.56 Å². The van der Waals surface area contributed by atoms with Crippen molar-refractivity contribution >= 4 is 23.3 Å². The predicted octanol–water partition coefficient (Wildman–Crippen LogP) is 5.85. The molecule has 0 atom stereocenters. The first kappa shape index (κ1) is 19.8. The van der Waals surface area contributed by atoms with Crippen molar-refractivity contribution in [1.29, 1.82) is 0 Å². The third-order valence-electron chi connectivity index (χ3n) is 4.45. The Kier molecular flexibility index (Phi) is 6.22. The molecule has 28 heavy (non-hydrogen) atoms. The van der Waals surface area contributed by atoms with Crippen LogP contribution in [-0.2, 0) is 13.2 Å². The third kappa shape index (κ3) is 5.05. The number of rotatable bonds is 7. The fourth-order valence-electron chi connectivity index (χ4n) is 2.93. The van der Waals surface area contributed by atoms with Gasteiger partial charge >= 0.3 is 5.97 Å². The Morgan fingerprint density at radius 2 is 1.89 bits per heavy atom. The van der Waals surface area contributed by atoms with Crippen LogP contribution in [0, 0.1) is 13.8 Å². The van der Waals surface area contributed by atoms with Crippen molar-refractivity contribution in [2.45, 2.75) is 27.0 Å². The SMILES string of the molecule is Cc1cccc(COc2ccc(Cl)cc2CNc2cc(C(=O)O)ccc2C)c1. The second-order valence-electron chi connectivity index (χ2n) is 6.72. The number of halogens is 1. The molecule has 0 bridgehead atoms. The maximum absolute atomic E-state index is 11.2. The molecule has 5 heteroatoms. The number of aryl methyl sites for hydroxylation is 2. The first-order chi connectivity index (χ1) is 13.4. The van der Waals surface area contributed by atoms with Gasteiger partial charge in [0.05, 0.1) is 5.56 Å². The van der Waals surface area contributed by atoms with E-state index in [0.29, 0.717) is 18.2 Å². The number of carbonyl (C=O) groups is 1. The highest BCUT2D eigenvalue weighted by atomic mass is 35.5. The fraction of sp³-hybridized carbons (Fsp3) is 0.174. The van der Waals surface area contributed by atoms with Gasteiger partial charge in [-0.1, -0.05) is 47.5 Å². The van der Waals surface area contributed by atoms with Crippen LogP contribution in [-0.4, -0.2) is 11.1 Å². The number of nitrogens with one attached hydrogen (secondary N) is 1. The Bertz CT molecular complexity index is 1000. The lowest BCUT2D eigenvalue weighted by Crippen LogP contribution is -2.06. The molecule has 0 aromatic heterocycles. The molecule has 0 saturated carbocycles. The first-order valence-electron chi connectivity index (χ1n) is 8.97. The minimum atomic E-state index is -0.951. The van der Waals surface area contributed by atoms with E-state index in [-0.39, 0.29) is 5.56 Å². The lowest BCUT2D eigenvalue weighted by atomic mass is 10.1. The van der Waals surface area contributed by atoms with Gasteiger partial charge in [0.25, 0.3) is 0 Å². The second-order valence-corrected chi connectivity index (χ2v) is 7.15. The molecule has 2 N–H and O–H groups in total. The summed E-state index contributed by atoms with van der Waals surface area (Å²) in [5, 5.41) is 13.1. The number of hydrogen-bond donors (Lipinski definition) is 2. The summed E-state index contributed by atoms with van der Waals surface area (Å²) in [7, 11) is 0. The van der Waals surface area contributed by atoms with Crippen LogP contribution in [0.1, 0.15) is 32.6 Å². The van der Waals surface area contributed by atoms with E-state index in [4.69, 9.17) is 16.3 Å². The average molecular weight is 396 g/mol. The van der Waals surface area contributed by atoms with Gasteiger partial charge in [0, 0.05) is 22.8 Å². The highest BCUT2D eigenvalue weighted by Gasteiger charge is 2.09. The van der Waals surface area contributed by atoms with Gasteiger partial charge < -0.3 is 15.2 Å². The molecule has 0 spiro atoms. The van der Waals surface area contributed by atoms with Crippen LogP contribution in [0.5, 0.6) is 5.75 Å². The van der Waals surface area contributed by atoms with Gasteiger partial charge in [-0.05, 0) is 55.3 Å². The van der Waals surface area contributed by atoms with Crippen molar-refractivity contribution in [3.63, 3.8) is 0 Å². The molecular weight excluding hydrogens is 374 g/mol. The van der Waals surface area contributed by atoms with Gasteiger partial charge in [-0.25, -0.2) is 4.79 Å². The molecule has 0 saturated heterocycles. The monoisotopic (exact) mass is 395 g/mol. The maximum atomic E-state index is 11.2. The van der Waals surface area contributed by atoms with Crippen molar-refractivity contribution in [2.75, 3.05) is 5.32 Å². The van der Waals surface area contributed by atoms with Crippen LogP contribution >= 0.6 is 11.6 Å². The summed E-state index contributed by atoms with van der Waals surface area (Å²) in [6, 6.07) is 18.7. The molecule has 0 heterocycles. The molecule has 0 aliphatic heterocycles. The third-order valence-corrected chi connectivity index (χ3v) is 4.69. The maximum Gasteiger partial charge on any atom is 0.335 e. The molecule has 0 amide bonds. The highest BCUT2D eigenvalue weighted by Crippen LogP contribution is 2.26. The van der Waals surface area contributed by atoms with E-state index in [1.807, 2.05) is 31.2 Å². The number of carboxylic acids is 1. The van der Waals surface area contributed by atoms with E-state index in [0.717, 1.165) is 28.1 Å². The zero-order valence-electron chi connectivity index (χ0n) is 15.8. The molecule has 0 radical (unpaired) electrons. The molecule has 144 valence electrons. The van der Waals surface area contributed by atoms with E-state index in [2.05, 4.69) is 24.4 Å². The summed E-state index contributed by atoms with van der Waals surface area (Å²) >= 11 is 6.17. The normalized spacial score (nSPS) is 10.5. The van der Waals surface area contributed by atoms with Crippen molar-refractivity contribution in [3.05, 3.63) is 93.5 Å². The standard InChI is InChI=1S/C23H22ClNO3/c1-15-4-3-5-17(10-15)14-28-22-9-8-20(24)11-19(22)13-25-21-12-18(23(26)27)7-6-16(21)2/h3-12,25H,13-14H2,1-2H3,(H,26,27). The fourth-order valence-corrected chi connectivity index (χ4v) is 3.12. The number of ether oxygens (including phenoxy) is 1. The van der Waals surface area contributed by atoms with Crippen LogP contribution < -0.4 is 10.1 Å². The largest absolute Gasteiger partial charge is 0.489 e. The molecule has 0 unspecified atom stereocenters. The smallest absolute Gasteiger partial charge is 0.335 e. The molecular formula is C23H22ClNO3. The molecule has 3 rings (SSSR count). The van der Waals surface area contributed by atoms with Crippen LogP contribution in [0.2, 0.25) is 5.02 Å². The second kappa shape index (κ2) is 8.81. The van der Waals surface area contributed by atoms with E-state index >= 15 is 0 Å². The number of aromatic carboxylic acids is 1. The van der Waals surface area contributed by atoms with Crippen LogP contribution in [0.3, 0.4) is 0 Å². The van der Waals surface area contributed by atoms with Crippen molar-refractivity contribution in [2.24, 2.45) is 0 Å². The van der Waals surface area contributed by atoms with Crippen LogP contribution in [0.25, 0.3) is 0 Å². The van der Waals surface area contributed by atoms with Crippen LogP contribution in [0.4, 0.5) is 5.69 Å². The van der Waals surface area contributed by atoms with Gasteiger partial charge in [0.1, 0.15) is 12.4 Å². The van der Waals surface area contributed by atoms with E-state index in [9.17, 15) is 9.90 Å². The topological polar surface area (TPSA) is 58.6 Å². The predicted molar refractivity (Wildman–Crippen MR) is 112 cm³/mol. The Morgan fingerprint density at radius 1 is 1.07 bits per heavy atom. The Labute approximate surface area is 169 Å². The van der Waals surface area contributed by atoms with Gasteiger partial charge in [-0.2, -0.15) is 0 Å². The van der Waals surface area contributed by atoms with Gasteiger partial charge in [-0.15, -0.1) is 0 Å². The molecule has 4 nitrogen and oxygen atoms in total. The molecule has 0 aliphatic carbocycles. The van der Waals surface area contributed by atoms with Crippen molar-refractivity contribution < 1.29 is 14.6 Å². The van der Waals surface area contributed by atoms with Gasteiger partial charge in [0.2, 0.25) is 0 Å². The minimum absolute atomic E-state index is 0.245. The molecule has 3 aromatic carbocycles. The summed E-state index contributed by atoms with van der Waals surface area (Å²) in [6.45, 7) is 4.91. The Hall–Kier alpha value is -2.98. The average Bonchev–Trinajstić information content (AvgIpc) is 2.66. The van der Waals surface area contributed by atoms with E-state index < -0.39 is 5.97 Å². The zero-order valence-corrected chi connectivity index (χ0v) is 16.6. The Morgan fingerprint density at radius 3 is 2.64 bits per heavy atom. The molecule has 0 aliphatic rings. The summed E-state index contributed by atoms with van der Waals surface area (Å²) in [6.07, 6.45) is 0. The first-order valence-corrected chi connectivity index (χ1v) is 9.35. The lowest BCUT2D eigenvalue weighted by Gasteiger charge is -2.15. The number of anilines is 1. The summed E-state index contributed by atoms with van der Waals surface area (Å²) in [4.78, 5) is 11.2. The van der Waals surface area contributed by atoms with Crippen molar-refractivity contribution in [1.82, 2.24) is 0 Å². The quantitative estimate of drug-likeness (QED) is 0.527. The van der Waals surface area contributed by atoms with Crippen LogP contribution in [0.15, 0.2) is 60.7 Å². The van der Waals surface area contributed by atoms with Gasteiger partial charge in [0.15, 0.2) is 0 Å². The molecule has 0 fully saturated rings. The molecule has 3 aromatic rings. The summed E-state index contributed by atoms with van der Waals surface area (Å²) in [5.41, 5.74) is 5.17. The summed E-state index contributed by atoms with van der Waals surface area (Å²) in [5.74, 6) is -0.210. The number of benzene rings is 3. The Balaban J connectivity index is 1.76.